The molecule has 1 aliphatic rings. The van der Waals surface area contributed by atoms with Crippen LogP contribution in [0.4, 0.5) is 0 Å². The molecule has 0 unspecified atom stereocenters. The topological polar surface area (TPSA) is 21.3 Å². The van der Waals surface area contributed by atoms with E-state index in [4.69, 9.17) is 16.3 Å². The number of benzene rings is 2. The molecule has 0 aromatic heterocycles. The molecule has 0 radical (unpaired) electrons. The van der Waals surface area contributed by atoms with Crippen molar-refractivity contribution < 1.29 is 4.74 Å². The highest BCUT2D eigenvalue weighted by molar-refractivity contribution is 6.30. The number of halogens is 2. The highest BCUT2D eigenvalue weighted by Gasteiger charge is 2.27. The molecule has 2 nitrogen and oxygen atoms in total. The second kappa shape index (κ2) is 7.69. The molecule has 0 saturated carbocycles. The fourth-order valence-corrected chi connectivity index (χ4v) is 2.90. The number of hydrogen-bond acceptors (Lipinski definition) is 2. The van der Waals surface area contributed by atoms with E-state index >= 15 is 0 Å². The Morgan fingerprint density at radius 3 is 2.62 bits per heavy atom. The van der Waals surface area contributed by atoms with Gasteiger partial charge in [0.15, 0.2) is 0 Å². The van der Waals surface area contributed by atoms with E-state index < -0.39 is 0 Å². The summed E-state index contributed by atoms with van der Waals surface area (Å²) in [6, 6.07) is 18.2. The van der Waals surface area contributed by atoms with Crippen LogP contribution in [0.3, 0.4) is 0 Å². The van der Waals surface area contributed by atoms with Gasteiger partial charge in [-0.1, -0.05) is 48.0 Å². The van der Waals surface area contributed by atoms with Crippen LogP contribution in [0, 0.1) is 0 Å². The van der Waals surface area contributed by atoms with Crippen LogP contribution in [-0.4, -0.2) is 19.2 Å². The summed E-state index contributed by atoms with van der Waals surface area (Å²) in [6.45, 7) is 1.95. The smallest absolute Gasteiger partial charge is 0.121 e. The van der Waals surface area contributed by atoms with E-state index in [1.807, 2.05) is 30.3 Å². The van der Waals surface area contributed by atoms with Crippen molar-refractivity contribution in [3.8, 4) is 5.75 Å². The van der Waals surface area contributed by atoms with Crippen LogP contribution < -0.4 is 10.1 Å². The molecule has 0 bridgehead atoms. The van der Waals surface area contributed by atoms with E-state index in [2.05, 4.69) is 29.6 Å². The minimum atomic E-state index is 0. The van der Waals surface area contributed by atoms with Crippen LogP contribution in [-0.2, 0) is 0 Å². The van der Waals surface area contributed by atoms with E-state index in [0.29, 0.717) is 10.9 Å². The minimum absolute atomic E-state index is 0. The summed E-state index contributed by atoms with van der Waals surface area (Å²) in [7, 11) is 0. The normalized spacial score (nSPS) is 21.4. The molecule has 1 N–H and O–H groups in total. The molecule has 1 heterocycles. The average molecular weight is 324 g/mol. The van der Waals surface area contributed by atoms with Crippen molar-refractivity contribution in [3.05, 3.63) is 65.2 Å². The molecule has 1 aliphatic heterocycles. The average Bonchev–Trinajstić information content (AvgIpc) is 2.49. The van der Waals surface area contributed by atoms with E-state index in [1.165, 1.54) is 5.56 Å². The fraction of sp³-hybridized carbons (Fsp3) is 0.294. The Kier molecular flexibility index (Phi) is 5.92. The van der Waals surface area contributed by atoms with Gasteiger partial charge in [-0.2, -0.15) is 0 Å². The zero-order chi connectivity index (χ0) is 13.8. The minimum Gasteiger partial charge on any atom is -0.490 e. The summed E-state index contributed by atoms with van der Waals surface area (Å²) in [6.07, 6.45) is 1.20. The van der Waals surface area contributed by atoms with E-state index in [9.17, 15) is 0 Å². The SMILES string of the molecule is Cl.Clc1cccc(O[C@@H]2CCNC[C@H]2c2ccccc2)c1. The lowest BCUT2D eigenvalue weighted by Gasteiger charge is -2.33. The Morgan fingerprint density at radius 1 is 1.05 bits per heavy atom. The Labute approximate surface area is 136 Å². The van der Waals surface area contributed by atoms with Crippen LogP contribution in [0.15, 0.2) is 54.6 Å². The Balaban J connectivity index is 0.00000161. The second-order valence-electron chi connectivity index (χ2n) is 5.12. The van der Waals surface area contributed by atoms with Crippen molar-refractivity contribution >= 4 is 24.0 Å². The van der Waals surface area contributed by atoms with Crippen molar-refractivity contribution in [3.63, 3.8) is 0 Å². The highest BCUT2D eigenvalue weighted by atomic mass is 35.5. The van der Waals surface area contributed by atoms with Gasteiger partial charge in [-0.15, -0.1) is 12.4 Å². The molecule has 112 valence electrons. The Hall–Kier alpha value is -1.22. The van der Waals surface area contributed by atoms with Gasteiger partial charge in [-0.25, -0.2) is 0 Å². The predicted molar refractivity (Wildman–Crippen MR) is 89.8 cm³/mol. The zero-order valence-electron chi connectivity index (χ0n) is 11.7. The summed E-state index contributed by atoms with van der Waals surface area (Å²) < 4.78 is 6.18. The summed E-state index contributed by atoms with van der Waals surface area (Å²) in [5.74, 6) is 1.23. The number of nitrogens with one attached hydrogen (secondary N) is 1. The van der Waals surface area contributed by atoms with Gasteiger partial charge < -0.3 is 10.1 Å². The molecule has 0 aliphatic carbocycles. The van der Waals surface area contributed by atoms with Gasteiger partial charge in [0.1, 0.15) is 11.9 Å². The first-order chi connectivity index (χ1) is 9.83. The predicted octanol–water partition coefficient (Wildman–Crippen LogP) is 4.29. The van der Waals surface area contributed by atoms with Crippen LogP contribution >= 0.6 is 24.0 Å². The van der Waals surface area contributed by atoms with Crippen molar-refractivity contribution in [2.24, 2.45) is 0 Å². The lowest BCUT2D eigenvalue weighted by molar-refractivity contribution is 0.138. The van der Waals surface area contributed by atoms with Crippen molar-refractivity contribution in [1.29, 1.82) is 0 Å². The molecule has 0 amide bonds. The Bertz CT molecular complexity index is 562. The third-order valence-electron chi connectivity index (χ3n) is 3.73. The van der Waals surface area contributed by atoms with Gasteiger partial charge in [0.25, 0.3) is 0 Å². The molecule has 2 aromatic carbocycles. The van der Waals surface area contributed by atoms with Gasteiger partial charge in [0.05, 0.1) is 0 Å². The van der Waals surface area contributed by atoms with Crippen LogP contribution in [0.5, 0.6) is 5.75 Å². The quantitative estimate of drug-likeness (QED) is 0.909. The molecule has 0 spiro atoms. The first-order valence-electron chi connectivity index (χ1n) is 7.01. The van der Waals surface area contributed by atoms with Gasteiger partial charge in [-0.05, 0) is 36.7 Å². The monoisotopic (exact) mass is 323 g/mol. The number of hydrogen-bond donors (Lipinski definition) is 1. The first kappa shape index (κ1) is 16.2. The molecular formula is C17H19Cl2NO. The maximum atomic E-state index is 6.18. The zero-order valence-corrected chi connectivity index (χ0v) is 13.2. The van der Waals surface area contributed by atoms with Crippen LogP contribution in [0.1, 0.15) is 17.9 Å². The summed E-state index contributed by atoms with van der Waals surface area (Å²) >= 11 is 6.02. The molecule has 2 atom stereocenters. The standard InChI is InChI=1S/C17H18ClNO.ClH/c18-14-7-4-8-15(11-14)20-17-9-10-19-12-16(17)13-5-2-1-3-6-13;/h1-8,11,16-17,19H,9-10,12H2;1H/t16-,17+;/m0./s1. The number of ether oxygens (including phenoxy) is 1. The molecule has 3 rings (SSSR count). The summed E-state index contributed by atoms with van der Waals surface area (Å²) in [5, 5.41) is 4.17. The third kappa shape index (κ3) is 4.13. The Morgan fingerprint density at radius 2 is 1.86 bits per heavy atom. The van der Waals surface area contributed by atoms with Crippen molar-refractivity contribution in [2.75, 3.05) is 13.1 Å². The highest BCUT2D eigenvalue weighted by Crippen LogP contribution is 2.28. The second-order valence-corrected chi connectivity index (χ2v) is 5.56. The summed E-state index contributed by atoms with van der Waals surface area (Å²) in [5.41, 5.74) is 1.33. The molecule has 21 heavy (non-hydrogen) atoms. The van der Waals surface area contributed by atoms with E-state index in [-0.39, 0.29) is 18.5 Å². The lowest BCUT2D eigenvalue weighted by Crippen LogP contribution is -2.41. The first-order valence-corrected chi connectivity index (χ1v) is 7.38. The largest absolute Gasteiger partial charge is 0.490 e. The maximum Gasteiger partial charge on any atom is 0.121 e. The molecule has 1 saturated heterocycles. The van der Waals surface area contributed by atoms with Crippen LogP contribution in [0.2, 0.25) is 5.02 Å². The summed E-state index contributed by atoms with van der Waals surface area (Å²) in [4.78, 5) is 0. The van der Waals surface area contributed by atoms with Crippen molar-refractivity contribution in [1.82, 2.24) is 5.32 Å². The van der Waals surface area contributed by atoms with Gasteiger partial charge >= 0.3 is 0 Å². The number of rotatable bonds is 3. The molecule has 4 heteroatoms. The van der Waals surface area contributed by atoms with Gasteiger partial charge in [-0.3, -0.25) is 0 Å². The molecular weight excluding hydrogens is 305 g/mol. The number of piperidine rings is 1. The fourth-order valence-electron chi connectivity index (χ4n) is 2.72. The van der Waals surface area contributed by atoms with E-state index in [1.54, 1.807) is 0 Å². The lowest BCUT2D eigenvalue weighted by atomic mass is 9.89. The van der Waals surface area contributed by atoms with Gasteiger partial charge in [0, 0.05) is 17.5 Å². The van der Waals surface area contributed by atoms with Crippen LogP contribution in [0.25, 0.3) is 0 Å². The molecule has 2 aromatic rings. The third-order valence-corrected chi connectivity index (χ3v) is 3.97. The van der Waals surface area contributed by atoms with Crippen molar-refractivity contribution in [2.45, 2.75) is 18.4 Å². The van der Waals surface area contributed by atoms with E-state index in [0.717, 1.165) is 25.3 Å². The van der Waals surface area contributed by atoms with Gasteiger partial charge in [0.2, 0.25) is 0 Å². The maximum absolute atomic E-state index is 6.18. The molecule has 1 fully saturated rings.